The number of pyridine rings is 1. The van der Waals surface area contributed by atoms with Crippen molar-refractivity contribution in [2.24, 2.45) is 0 Å². The second-order valence-corrected chi connectivity index (χ2v) is 5.52. The number of carbonyl (C=O) groups is 1. The minimum Gasteiger partial charge on any atom is -0.355 e. The highest BCUT2D eigenvalue weighted by molar-refractivity contribution is 6.31. The summed E-state index contributed by atoms with van der Waals surface area (Å²) in [7, 11) is 0. The van der Waals surface area contributed by atoms with Gasteiger partial charge in [-0.2, -0.15) is 0 Å². The first kappa shape index (κ1) is 16.9. The van der Waals surface area contributed by atoms with Gasteiger partial charge in [0.15, 0.2) is 0 Å². The summed E-state index contributed by atoms with van der Waals surface area (Å²) in [4.78, 5) is 16.2. The third kappa shape index (κ3) is 4.10. The second kappa shape index (κ2) is 7.27. The van der Waals surface area contributed by atoms with Crippen LogP contribution in [0.4, 0.5) is 25.8 Å². The lowest BCUT2D eigenvalue weighted by molar-refractivity contribution is 0.102. The molecule has 0 saturated carbocycles. The summed E-state index contributed by atoms with van der Waals surface area (Å²) >= 11 is 5.74. The van der Waals surface area contributed by atoms with Gasteiger partial charge < -0.3 is 10.6 Å². The van der Waals surface area contributed by atoms with Crippen LogP contribution in [-0.2, 0) is 0 Å². The van der Waals surface area contributed by atoms with Gasteiger partial charge in [-0.3, -0.25) is 9.78 Å². The van der Waals surface area contributed by atoms with Crippen molar-refractivity contribution < 1.29 is 13.6 Å². The first-order valence-corrected chi connectivity index (χ1v) is 7.65. The van der Waals surface area contributed by atoms with E-state index in [1.807, 2.05) is 0 Å². The molecule has 0 radical (unpaired) electrons. The maximum atomic E-state index is 13.6. The van der Waals surface area contributed by atoms with E-state index in [4.69, 9.17) is 11.6 Å². The predicted molar refractivity (Wildman–Crippen MR) is 93.3 cm³/mol. The van der Waals surface area contributed by atoms with E-state index in [0.717, 1.165) is 0 Å². The van der Waals surface area contributed by atoms with Gasteiger partial charge in [-0.05, 0) is 42.5 Å². The molecule has 3 aromatic rings. The Hall–Kier alpha value is -2.99. The molecule has 2 aromatic carbocycles. The molecule has 0 aliphatic carbocycles. The molecule has 0 bridgehead atoms. The van der Waals surface area contributed by atoms with Gasteiger partial charge in [0.2, 0.25) is 0 Å². The Kier molecular flexibility index (Phi) is 4.90. The highest BCUT2D eigenvalue weighted by Gasteiger charge is 2.11. The molecule has 0 spiro atoms. The molecule has 3 rings (SSSR count). The van der Waals surface area contributed by atoms with E-state index in [1.165, 1.54) is 48.7 Å². The van der Waals surface area contributed by atoms with Gasteiger partial charge in [-0.1, -0.05) is 23.7 Å². The van der Waals surface area contributed by atoms with E-state index >= 15 is 0 Å². The maximum Gasteiger partial charge on any atom is 0.274 e. The van der Waals surface area contributed by atoms with E-state index in [0.29, 0.717) is 11.4 Å². The van der Waals surface area contributed by atoms with Crippen molar-refractivity contribution in [2.45, 2.75) is 0 Å². The van der Waals surface area contributed by atoms with Crippen molar-refractivity contribution in [2.75, 3.05) is 10.6 Å². The van der Waals surface area contributed by atoms with E-state index in [-0.39, 0.29) is 16.4 Å². The summed E-state index contributed by atoms with van der Waals surface area (Å²) < 4.78 is 26.8. The smallest absolute Gasteiger partial charge is 0.274 e. The number of benzene rings is 2. The van der Waals surface area contributed by atoms with Gasteiger partial charge in [0, 0.05) is 17.6 Å². The Morgan fingerprint density at radius 2 is 1.72 bits per heavy atom. The van der Waals surface area contributed by atoms with Gasteiger partial charge in [-0.15, -0.1) is 0 Å². The number of hydrogen-bond acceptors (Lipinski definition) is 3. The molecule has 0 atom stereocenters. The van der Waals surface area contributed by atoms with Crippen LogP contribution in [0.25, 0.3) is 0 Å². The molecule has 126 valence electrons. The van der Waals surface area contributed by atoms with Crippen molar-refractivity contribution in [3.63, 3.8) is 0 Å². The SMILES string of the molecule is O=C(Nc1ccccc1F)c1cc(Nc2ccc(F)c(Cl)c2)ccn1. The lowest BCUT2D eigenvalue weighted by Crippen LogP contribution is -2.14. The van der Waals surface area contributed by atoms with Gasteiger partial charge in [0.05, 0.1) is 10.7 Å². The van der Waals surface area contributed by atoms with Crippen LogP contribution in [0.1, 0.15) is 10.5 Å². The van der Waals surface area contributed by atoms with Crippen LogP contribution < -0.4 is 10.6 Å². The zero-order valence-electron chi connectivity index (χ0n) is 12.8. The summed E-state index contributed by atoms with van der Waals surface area (Å²) in [6, 6.07) is 13.2. The van der Waals surface area contributed by atoms with Crippen molar-refractivity contribution in [1.29, 1.82) is 0 Å². The van der Waals surface area contributed by atoms with Gasteiger partial charge in [-0.25, -0.2) is 8.78 Å². The Labute approximate surface area is 147 Å². The van der Waals surface area contributed by atoms with E-state index < -0.39 is 17.5 Å². The van der Waals surface area contributed by atoms with Crippen molar-refractivity contribution in [3.05, 3.63) is 83.1 Å². The minimum absolute atomic E-state index is 0.0171. The van der Waals surface area contributed by atoms with Gasteiger partial charge in [0.25, 0.3) is 5.91 Å². The number of para-hydroxylation sites is 1. The average molecular weight is 360 g/mol. The first-order chi connectivity index (χ1) is 12.0. The molecule has 0 aliphatic rings. The number of carbonyl (C=O) groups excluding carboxylic acids is 1. The second-order valence-electron chi connectivity index (χ2n) is 5.12. The molecule has 0 aliphatic heterocycles. The standard InChI is InChI=1S/C18H12ClF2N3O/c19-13-9-11(5-6-14(13)20)23-12-7-8-22-17(10-12)18(25)24-16-4-2-1-3-15(16)21/h1-10H,(H,22,23)(H,24,25). The fourth-order valence-corrected chi connectivity index (χ4v) is 2.30. The Bertz CT molecular complexity index is 934. The predicted octanol–water partition coefficient (Wildman–Crippen LogP) is 5.01. The summed E-state index contributed by atoms with van der Waals surface area (Å²) in [6.07, 6.45) is 1.43. The van der Waals surface area contributed by atoms with Gasteiger partial charge in [0.1, 0.15) is 17.3 Å². The Morgan fingerprint density at radius 3 is 2.48 bits per heavy atom. The zero-order valence-corrected chi connectivity index (χ0v) is 13.5. The van der Waals surface area contributed by atoms with Crippen LogP contribution in [0.5, 0.6) is 0 Å². The fraction of sp³-hybridized carbons (Fsp3) is 0. The van der Waals surface area contributed by atoms with Gasteiger partial charge >= 0.3 is 0 Å². The quantitative estimate of drug-likeness (QED) is 0.688. The average Bonchev–Trinajstić information content (AvgIpc) is 2.60. The summed E-state index contributed by atoms with van der Waals surface area (Å²) in [5, 5.41) is 5.44. The van der Waals surface area contributed by atoms with Crippen LogP contribution in [-0.4, -0.2) is 10.9 Å². The molecule has 0 saturated heterocycles. The third-order valence-corrected chi connectivity index (χ3v) is 3.61. The lowest BCUT2D eigenvalue weighted by atomic mass is 10.2. The molecule has 0 unspecified atom stereocenters. The topological polar surface area (TPSA) is 54.0 Å². The number of hydrogen-bond donors (Lipinski definition) is 2. The van der Waals surface area contributed by atoms with E-state index in [1.54, 1.807) is 12.1 Å². The Morgan fingerprint density at radius 1 is 0.960 bits per heavy atom. The largest absolute Gasteiger partial charge is 0.355 e. The molecule has 0 fully saturated rings. The monoisotopic (exact) mass is 359 g/mol. The molecule has 2 N–H and O–H groups in total. The third-order valence-electron chi connectivity index (χ3n) is 3.32. The van der Waals surface area contributed by atoms with E-state index in [9.17, 15) is 13.6 Å². The van der Waals surface area contributed by atoms with Crippen LogP contribution >= 0.6 is 11.6 Å². The molecular weight excluding hydrogens is 348 g/mol. The number of amides is 1. The Balaban J connectivity index is 1.77. The number of aromatic nitrogens is 1. The molecule has 25 heavy (non-hydrogen) atoms. The lowest BCUT2D eigenvalue weighted by Gasteiger charge is -2.09. The zero-order chi connectivity index (χ0) is 17.8. The highest BCUT2D eigenvalue weighted by atomic mass is 35.5. The van der Waals surface area contributed by atoms with Crippen LogP contribution in [0.2, 0.25) is 5.02 Å². The van der Waals surface area contributed by atoms with Crippen LogP contribution in [0.15, 0.2) is 60.8 Å². The maximum absolute atomic E-state index is 13.6. The first-order valence-electron chi connectivity index (χ1n) is 7.27. The normalized spacial score (nSPS) is 10.4. The summed E-state index contributed by atoms with van der Waals surface area (Å²) in [6.45, 7) is 0. The number of nitrogens with zero attached hydrogens (tertiary/aromatic N) is 1. The van der Waals surface area contributed by atoms with Crippen molar-refractivity contribution >= 4 is 34.6 Å². The number of anilines is 3. The number of rotatable bonds is 4. The fourth-order valence-electron chi connectivity index (χ4n) is 2.12. The molecule has 1 amide bonds. The molecule has 4 nitrogen and oxygen atoms in total. The minimum atomic E-state index is -0.550. The summed E-state index contributed by atoms with van der Waals surface area (Å²) in [5.74, 6) is -1.61. The van der Waals surface area contributed by atoms with Crippen LogP contribution in [0.3, 0.4) is 0 Å². The molecular formula is C18H12ClF2N3O. The number of nitrogens with one attached hydrogen (secondary N) is 2. The molecule has 7 heteroatoms. The van der Waals surface area contributed by atoms with Crippen molar-refractivity contribution in [1.82, 2.24) is 4.98 Å². The van der Waals surface area contributed by atoms with E-state index in [2.05, 4.69) is 15.6 Å². The molecule has 1 aromatic heterocycles. The van der Waals surface area contributed by atoms with Crippen molar-refractivity contribution in [3.8, 4) is 0 Å². The molecule has 1 heterocycles. The number of halogens is 3. The highest BCUT2D eigenvalue weighted by Crippen LogP contribution is 2.23. The summed E-state index contributed by atoms with van der Waals surface area (Å²) in [5.41, 5.74) is 1.27. The van der Waals surface area contributed by atoms with Crippen LogP contribution in [0, 0.1) is 11.6 Å².